The molecule has 4 aromatic carbocycles. The van der Waals surface area contributed by atoms with E-state index in [4.69, 9.17) is 0 Å². The van der Waals surface area contributed by atoms with Gasteiger partial charge in [-0.1, -0.05) is 66.2 Å². The quantitative estimate of drug-likeness (QED) is 0.302. The van der Waals surface area contributed by atoms with Crippen LogP contribution in [-0.4, -0.2) is 5.78 Å². The first-order valence-electron chi connectivity index (χ1n) is 8.96. The van der Waals surface area contributed by atoms with Crippen molar-refractivity contribution >= 4 is 33.4 Å². The summed E-state index contributed by atoms with van der Waals surface area (Å²) in [5.74, 6) is 0.167. The summed E-state index contributed by atoms with van der Waals surface area (Å²) < 4.78 is 0. The van der Waals surface area contributed by atoms with Crippen molar-refractivity contribution in [1.82, 2.24) is 0 Å². The Balaban J connectivity index is 1.77. The molecule has 26 heavy (non-hydrogen) atoms. The molecule has 0 aromatic heterocycles. The van der Waals surface area contributed by atoms with Gasteiger partial charge < -0.3 is 0 Å². The van der Waals surface area contributed by atoms with Crippen molar-refractivity contribution in [1.29, 1.82) is 0 Å². The highest BCUT2D eigenvalue weighted by Crippen LogP contribution is 2.34. The molecule has 5 rings (SSSR count). The van der Waals surface area contributed by atoms with Crippen molar-refractivity contribution in [2.24, 2.45) is 0 Å². The minimum atomic E-state index is 0.167. The van der Waals surface area contributed by atoms with Crippen LogP contribution in [-0.2, 0) is 6.42 Å². The average Bonchev–Trinajstić information content (AvgIpc) is 2.97. The largest absolute Gasteiger partial charge is 0.289 e. The summed E-state index contributed by atoms with van der Waals surface area (Å²) in [6.07, 6.45) is 2.83. The van der Waals surface area contributed by atoms with E-state index in [1.165, 1.54) is 21.5 Å². The second-order valence-corrected chi connectivity index (χ2v) is 7.07. The predicted octanol–water partition coefficient (Wildman–Crippen LogP) is 6.12. The topological polar surface area (TPSA) is 17.1 Å². The lowest BCUT2D eigenvalue weighted by molar-refractivity contribution is 0.104. The molecule has 0 atom stereocenters. The maximum absolute atomic E-state index is 13.0. The zero-order valence-corrected chi connectivity index (χ0v) is 14.6. The molecule has 1 aliphatic carbocycles. The molecule has 0 saturated carbocycles. The molecule has 0 N–H and O–H groups in total. The van der Waals surface area contributed by atoms with Gasteiger partial charge in [0.2, 0.25) is 0 Å². The molecule has 0 fully saturated rings. The number of carbonyl (C=O) groups is 1. The van der Waals surface area contributed by atoms with Crippen LogP contribution in [0.4, 0.5) is 0 Å². The lowest BCUT2D eigenvalue weighted by atomic mass is 9.94. The Labute approximate surface area is 152 Å². The van der Waals surface area contributed by atoms with E-state index in [1.54, 1.807) is 0 Å². The van der Waals surface area contributed by atoms with Gasteiger partial charge in [-0.15, -0.1) is 0 Å². The zero-order chi connectivity index (χ0) is 17.7. The number of fused-ring (bicyclic) bond motifs is 3. The van der Waals surface area contributed by atoms with Crippen molar-refractivity contribution in [3.05, 3.63) is 101 Å². The van der Waals surface area contributed by atoms with Crippen molar-refractivity contribution in [3.63, 3.8) is 0 Å². The van der Waals surface area contributed by atoms with Gasteiger partial charge in [0.15, 0.2) is 5.78 Å². The average molecular weight is 334 g/mol. The third-order valence-electron chi connectivity index (χ3n) is 5.31. The molecular formula is C25H18O. The summed E-state index contributed by atoms with van der Waals surface area (Å²) in [4.78, 5) is 13.0. The Bertz CT molecular complexity index is 1170. The Morgan fingerprint density at radius 1 is 0.808 bits per heavy atom. The standard InChI is InChI=1S/C25H18O/c1-16-10-11-19-14-20(25(26)23(19)12-16)15-24-21-8-4-2-6-17(21)13-18-7-3-5-9-22(18)24/h2-13,15H,14H2,1H3/b20-15+. The summed E-state index contributed by atoms with van der Waals surface area (Å²) in [6.45, 7) is 2.04. The van der Waals surface area contributed by atoms with E-state index in [-0.39, 0.29) is 5.78 Å². The van der Waals surface area contributed by atoms with Crippen LogP contribution < -0.4 is 0 Å². The molecular weight excluding hydrogens is 316 g/mol. The van der Waals surface area contributed by atoms with Gasteiger partial charge in [-0.3, -0.25) is 4.79 Å². The number of rotatable bonds is 1. The Morgan fingerprint density at radius 3 is 2.15 bits per heavy atom. The van der Waals surface area contributed by atoms with Crippen LogP contribution >= 0.6 is 0 Å². The number of allylic oxidation sites excluding steroid dienone is 1. The lowest BCUT2D eigenvalue weighted by Gasteiger charge is -2.09. The minimum absolute atomic E-state index is 0.167. The van der Waals surface area contributed by atoms with Crippen LogP contribution in [0.1, 0.15) is 27.0 Å². The van der Waals surface area contributed by atoms with Gasteiger partial charge in [0, 0.05) is 17.6 Å². The molecule has 0 spiro atoms. The third kappa shape index (κ3) is 2.28. The highest BCUT2D eigenvalue weighted by molar-refractivity contribution is 6.18. The SMILES string of the molecule is Cc1ccc2c(c1)C(=O)/C(=C/c1c3ccccc3cc3ccccc13)C2. The number of carbonyl (C=O) groups excluding carboxylic acids is 1. The summed E-state index contributed by atoms with van der Waals surface area (Å²) in [7, 11) is 0. The van der Waals surface area contributed by atoms with Crippen molar-refractivity contribution in [2.45, 2.75) is 13.3 Å². The number of Topliss-reactive ketones (excluding diaryl/α,β-unsaturated/α-hetero) is 1. The second kappa shape index (κ2) is 5.67. The van der Waals surface area contributed by atoms with Gasteiger partial charge in [-0.2, -0.15) is 0 Å². The summed E-state index contributed by atoms with van der Waals surface area (Å²) in [5, 5.41) is 4.80. The Hall–Kier alpha value is -3.19. The first-order chi connectivity index (χ1) is 12.7. The first-order valence-corrected chi connectivity index (χ1v) is 8.96. The fourth-order valence-electron chi connectivity index (χ4n) is 4.01. The fraction of sp³-hybridized carbons (Fsp3) is 0.0800. The fourth-order valence-corrected chi connectivity index (χ4v) is 4.01. The molecule has 0 aliphatic heterocycles. The molecule has 4 aromatic rings. The van der Waals surface area contributed by atoms with Crippen molar-refractivity contribution in [3.8, 4) is 0 Å². The summed E-state index contributed by atoms with van der Waals surface area (Å²) in [5.41, 5.74) is 5.16. The van der Waals surface area contributed by atoms with E-state index in [9.17, 15) is 4.79 Å². The van der Waals surface area contributed by atoms with Gasteiger partial charge in [0.1, 0.15) is 0 Å². The molecule has 1 aliphatic rings. The van der Waals surface area contributed by atoms with Gasteiger partial charge in [0.25, 0.3) is 0 Å². The number of hydrogen-bond acceptors (Lipinski definition) is 1. The lowest BCUT2D eigenvalue weighted by Crippen LogP contribution is -1.96. The molecule has 124 valence electrons. The third-order valence-corrected chi connectivity index (χ3v) is 5.31. The zero-order valence-electron chi connectivity index (χ0n) is 14.6. The van der Waals surface area contributed by atoms with E-state index >= 15 is 0 Å². The molecule has 0 bridgehead atoms. The molecule has 0 saturated heterocycles. The number of aryl methyl sites for hydroxylation is 1. The van der Waals surface area contributed by atoms with Crippen LogP contribution in [0.15, 0.2) is 78.4 Å². The van der Waals surface area contributed by atoms with Gasteiger partial charge >= 0.3 is 0 Å². The highest BCUT2D eigenvalue weighted by atomic mass is 16.1. The normalized spacial score (nSPS) is 15.1. The molecule has 0 heterocycles. The molecule has 0 radical (unpaired) electrons. The highest BCUT2D eigenvalue weighted by Gasteiger charge is 2.25. The van der Waals surface area contributed by atoms with Gasteiger partial charge in [-0.25, -0.2) is 0 Å². The second-order valence-electron chi connectivity index (χ2n) is 7.07. The van der Waals surface area contributed by atoms with Crippen molar-refractivity contribution in [2.75, 3.05) is 0 Å². The monoisotopic (exact) mass is 334 g/mol. The Kier molecular flexibility index (Phi) is 3.29. The van der Waals surface area contributed by atoms with Crippen LogP contribution in [0, 0.1) is 6.92 Å². The van der Waals surface area contributed by atoms with E-state index in [1.807, 2.05) is 13.0 Å². The molecule has 0 unspecified atom stereocenters. The van der Waals surface area contributed by atoms with Crippen molar-refractivity contribution < 1.29 is 4.79 Å². The number of benzene rings is 4. The summed E-state index contributed by atoms with van der Waals surface area (Å²) >= 11 is 0. The van der Waals surface area contributed by atoms with Crippen LogP contribution in [0.3, 0.4) is 0 Å². The van der Waals surface area contributed by atoms with Crippen LogP contribution in [0.25, 0.3) is 27.6 Å². The smallest absolute Gasteiger partial charge is 0.189 e. The van der Waals surface area contributed by atoms with Gasteiger partial charge in [0.05, 0.1) is 0 Å². The van der Waals surface area contributed by atoms with E-state index in [0.29, 0.717) is 6.42 Å². The predicted molar refractivity (Wildman–Crippen MR) is 109 cm³/mol. The minimum Gasteiger partial charge on any atom is -0.289 e. The van der Waals surface area contributed by atoms with Gasteiger partial charge in [-0.05, 0) is 57.8 Å². The van der Waals surface area contributed by atoms with E-state index < -0.39 is 0 Å². The van der Waals surface area contributed by atoms with E-state index in [2.05, 4.69) is 72.8 Å². The molecule has 0 amide bonds. The Morgan fingerprint density at radius 2 is 1.46 bits per heavy atom. The first kappa shape index (κ1) is 15.1. The van der Waals surface area contributed by atoms with Crippen LogP contribution in [0.5, 0.6) is 0 Å². The summed E-state index contributed by atoms with van der Waals surface area (Å²) in [6, 6.07) is 25.2. The molecule has 1 nitrogen and oxygen atoms in total. The number of hydrogen-bond donors (Lipinski definition) is 0. The molecule has 1 heteroatoms. The maximum Gasteiger partial charge on any atom is 0.189 e. The maximum atomic E-state index is 13.0. The van der Waals surface area contributed by atoms with E-state index in [0.717, 1.165) is 27.8 Å². The number of ketones is 1. The van der Waals surface area contributed by atoms with Crippen LogP contribution in [0.2, 0.25) is 0 Å².